The van der Waals surface area contributed by atoms with Crippen molar-refractivity contribution in [2.45, 2.75) is 69.5 Å². The molecular weight excluding hydrogens is 344 g/mol. The summed E-state index contributed by atoms with van der Waals surface area (Å²) in [6, 6.07) is 2.49. The second kappa shape index (κ2) is 9.52. The molecule has 1 aliphatic carbocycles. The van der Waals surface area contributed by atoms with E-state index in [1.165, 1.54) is 0 Å². The van der Waals surface area contributed by atoms with Crippen molar-refractivity contribution in [1.29, 1.82) is 5.26 Å². The van der Waals surface area contributed by atoms with Crippen LogP contribution in [0.2, 0.25) is 0 Å². The van der Waals surface area contributed by atoms with Crippen molar-refractivity contribution < 1.29 is 14.3 Å². The summed E-state index contributed by atoms with van der Waals surface area (Å²) in [5.74, 6) is 0.424. The monoisotopic (exact) mass is 376 g/mol. The quantitative estimate of drug-likeness (QED) is 0.755. The third-order valence-electron chi connectivity index (χ3n) is 6.36. The van der Waals surface area contributed by atoms with Gasteiger partial charge >= 0.3 is 0 Å². The summed E-state index contributed by atoms with van der Waals surface area (Å²) in [5, 5.41) is 12.5. The minimum Gasteiger partial charge on any atom is -0.383 e. The first-order valence-electron chi connectivity index (χ1n) is 10.4. The van der Waals surface area contributed by atoms with Gasteiger partial charge in [0.05, 0.1) is 25.3 Å². The molecule has 2 amide bonds. The Balaban J connectivity index is 1.40. The number of hydrogen-bond acceptors (Lipinski definition) is 5. The fraction of sp³-hybridized carbons (Fsp3) is 0.850. The number of likely N-dealkylation sites (tertiary alicyclic amines) is 2. The number of hydrogen-bond donors (Lipinski definition) is 1. The standard InChI is InChI=1S/C20H32N4O3/c1-27-14-18-5-3-11-24(18)20(26)15-6-8-16(9-7-15)22-13-19(25)23-10-2-4-17(23)12-21/h15-18,22H,2-11,13-14H2,1H3/t15?,16?,17-,18-/m0/s1. The van der Waals surface area contributed by atoms with Gasteiger partial charge in [0.15, 0.2) is 0 Å². The van der Waals surface area contributed by atoms with Crippen LogP contribution in [0.3, 0.4) is 0 Å². The molecular formula is C20H32N4O3. The Morgan fingerprint density at radius 2 is 1.78 bits per heavy atom. The molecule has 0 aromatic rings. The van der Waals surface area contributed by atoms with Crippen LogP contribution >= 0.6 is 0 Å². The smallest absolute Gasteiger partial charge is 0.237 e. The largest absolute Gasteiger partial charge is 0.383 e. The Morgan fingerprint density at radius 3 is 2.48 bits per heavy atom. The first-order valence-corrected chi connectivity index (χ1v) is 10.4. The topological polar surface area (TPSA) is 85.7 Å². The molecule has 2 saturated heterocycles. The zero-order chi connectivity index (χ0) is 19.2. The van der Waals surface area contributed by atoms with E-state index in [1.807, 2.05) is 4.90 Å². The van der Waals surface area contributed by atoms with E-state index in [9.17, 15) is 9.59 Å². The Morgan fingerprint density at radius 1 is 1.07 bits per heavy atom. The fourth-order valence-corrected chi connectivity index (χ4v) is 4.80. The number of carbonyl (C=O) groups excluding carboxylic acids is 2. The molecule has 1 N–H and O–H groups in total. The predicted molar refractivity (Wildman–Crippen MR) is 101 cm³/mol. The van der Waals surface area contributed by atoms with Gasteiger partial charge in [-0.3, -0.25) is 9.59 Å². The van der Waals surface area contributed by atoms with Crippen molar-refractivity contribution in [2.24, 2.45) is 5.92 Å². The summed E-state index contributed by atoms with van der Waals surface area (Å²) in [6.45, 7) is 2.47. The highest BCUT2D eigenvalue weighted by Crippen LogP contribution is 2.29. The SMILES string of the molecule is COC[C@@H]1CCCN1C(=O)C1CCC(NCC(=O)N2CCC[C@H]2C#N)CC1. The van der Waals surface area contributed by atoms with Crippen molar-refractivity contribution in [3.8, 4) is 6.07 Å². The second-order valence-corrected chi connectivity index (χ2v) is 8.09. The van der Waals surface area contributed by atoms with E-state index in [1.54, 1.807) is 12.0 Å². The molecule has 2 atom stereocenters. The van der Waals surface area contributed by atoms with Crippen LogP contribution < -0.4 is 5.32 Å². The minimum atomic E-state index is -0.256. The van der Waals surface area contributed by atoms with Crippen LogP contribution in [-0.4, -0.2) is 73.1 Å². The van der Waals surface area contributed by atoms with Gasteiger partial charge in [-0.25, -0.2) is 0 Å². The predicted octanol–water partition coefficient (Wildman–Crippen LogP) is 1.29. The summed E-state index contributed by atoms with van der Waals surface area (Å²) in [6.07, 6.45) is 7.42. The third-order valence-corrected chi connectivity index (χ3v) is 6.36. The number of methoxy groups -OCH3 is 1. The minimum absolute atomic E-state index is 0.0247. The Hall–Kier alpha value is -1.65. The van der Waals surface area contributed by atoms with E-state index < -0.39 is 0 Å². The zero-order valence-electron chi connectivity index (χ0n) is 16.4. The van der Waals surface area contributed by atoms with Crippen LogP contribution in [0, 0.1) is 17.2 Å². The van der Waals surface area contributed by atoms with E-state index in [0.717, 1.165) is 57.9 Å². The Labute approximate surface area is 162 Å². The summed E-state index contributed by atoms with van der Waals surface area (Å²) in [4.78, 5) is 28.9. The van der Waals surface area contributed by atoms with E-state index in [-0.39, 0.29) is 35.9 Å². The van der Waals surface area contributed by atoms with Crippen molar-refractivity contribution in [2.75, 3.05) is 33.4 Å². The van der Waals surface area contributed by atoms with Gasteiger partial charge in [-0.1, -0.05) is 0 Å². The molecule has 3 aliphatic rings. The number of nitrogens with one attached hydrogen (secondary N) is 1. The molecule has 0 unspecified atom stereocenters. The average Bonchev–Trinajstić information content (AvgIpc) is 3.35. The van der Waals surface area contributed by atoms with E-state index >= 15 is 0 Å². The van der Waals surface area contributed by atoms with Gasteiger partial charge in [-0.05, 0) is 51.4 Å². The third kappa shape index (κ3) is 4.80. The van der Waals surface area contributed by atoms with Crippen LogP contribution in [0.1, 0.15) is 51.4 Å². The van der Waals surface area contributed by atoms with Crippen LogP contribution in [0.5, 0.6) is 0 Å². The number of carbonyl (C=O) groups is 2. The molecule has 7 nitrogen and oxygen atoms in total. The lowest BCUT2D eigenvalue weighted by Crippen LogP contribution is -2.46. The number of amides is 2. The summed E-state index contributed by atoms with van der Waals surface area (Å²) in [7, 11) is 1.69. The zero-order valence-corrected chi connectivity index (χ0v) is 16.4. The molecule has 0 aromatic carbocycles. The molecule has 3 fully saturated rings. The van der Waals surface area contributed by atoms with E-state index in [4.69, 9.17) is 10.00 Å². The van der Waals surface area contributed by atoms with Crippen molar-refractivity contribution in [1.82, 2.24) is 15.1 Å². The lowest BCUT2D eigenvalue weighted by Gasteiger charge is -2.33. The number of nitriles is 1. The molecule has 1 saturated carbocycles. The summed E-state index contributed by atoms with van der Waals surface area (Å²) < 4.78 is 5.26. The average molecular weight is 377 g/mol. The Bertz CT molecular complexity index is 568. The van der Waals surface area contributed by atoms with Gasteiger partial charge < -0.3 is 19.9 Å². The molecule has 0 radical (unpaired) electrons. The highest BCUT2D eigenvalue weighted by molar-refractivity contribution is 5.80. The van der Waals surface area contributed by atoms with Crippen LogP contribution in [-0.2, 0) is 14.3 Å². The lowest BCUT2D eigenvalue weighted by molar-refractivity contribution is -0.138. The molecule has 0 bridgehead atoms. The molecule has 2 aliphatic heterocycles. The highest BCUT2D eigenvalue weighted by Gasteiger charge is 2.35. The number of nitrogens with zero attached hydrogens (tertiary/aromatic N) is 3. The second-order valence-electron chi connectivity index (χ2n) is 8.09. The van der Waals surface area contributed by atoms with Crippen LogP contribution in [0.25, 0.3) is 0 Å². The molecule has 0 aromatic heterocycles. The maximum Gasteiger partial charge on any atom is 0.237 e. The normalized spacial score (nSPS) is 31.1. The first-order chi connectivity index (χ1) is 13.1. The van der Waals surface area contributed by atoms with Gasteiger partial charge in [-0.2, -0.15) is 5.26 Å². The fourth-order valence-electron chi connectivity index (χ4n) is 4.80. The highest BCUT2D eigenvalue weighted by atomic mass is 16.5. The maximum absolute atomic E-state index is 12.9. The molecule has 3 rings (SSSR count). The molecule has 0 spiro atoms. The Kier molecular flexibility index (Phi) is 7.08. The molecule has 27 heavy (non-hydrogen) atoms. The van der Waals surface area contributed by atoms with Gasteiger partial charge in [0.2, 0.25) is 11.8 Å². The van der Waals surface area contributed by atoms with E-state index in [2.05, 4.69) is 11.4 Å². The van der Waals surface area contributed by atoms with Gasteiger partial charge in [0.1, 0.15) is 6.04 Å². The van der Waals surface area contributed by atoms with Crippen LogP contribution in [0.15, 0.2) is 0 Å². The van der Waals surface area contributed by atoms with Crippen molar-refractivity contribution >= 4 is 11.8 Å². The van der Waals surface area contributed by atoms with Gasteiger partial charge in [0, 0.05) is 32.2 Å². The number of ether oxygens (including phenoxy) is 1. The van der Waals surface area contributed by atoms with E-state index in [0.29, 0.717) is 19.7 Å². The molecule has 7 heteroatoms. The summed E-state index contributed by atoms with van der Waals surface area (Å²) >= 11 is 0. The van der Waals surface area contributed by atoms with Crippen molar-refractivity contribution in [3.05, 3.63) is 0 Å². The van der Waals surface area contributed by atoms with Gasteiger partial charge in [-0.15, -0.1) is 0 Å². The molecule has 150 valence electrons. The first kappa shape index (κ1) is 20.1. The molecule has 2 heterocycles. The lowest BCUT2D eigenvalue weighted by atomic mass is 9.85. The summed E-state index contributed by atoms with van der Waals surface area (Å²) in [5.41, 5.74) is 0. The number of rotatable bonds is 6. The van der Waals surface area contributed by atoms with Crippen LogP contribution in [0.4, 0.5) is 0 Å². The maximum atomic E-state index is 12.9. The van der Waals surface area contributed by atoms with Crippen molar-refractivity contribution in [3.63, 3.8) is 0 Å². The van der Waals surface area contributed by atoms with Gasteiger partial charge in [0.25, 0.3) is 0 Å².